The van der Waals surface area contributed by atoms with Crippen LogP contribution in [0.5, 0.6) is 0 Å². The van der Waals surface area contributed by atoms with E-state index in [1.54, 1.807) is 6.07 Å². The third-order valence-electron chi connectivity index (χ3n) is 3.18. The Bertz CT molecular complexity index is 403. The van der Waals surface area contributed by atoms with Crippen LogP contribution in [0.1, 0.15) is 23.3 Å². The lowest BCUT2D eigenvalue weighted by atomic mass is 9.97. The van der Waals surface area contributed by atoms with Gasteiger partial charge in [-0.05, 0) is 30.9 Å². The van der Waals surface area contributed by atoms with Crippen molar-refractivity contribution in [1.29, 1.82) is 0 Å². The van der Waals surface area contributed by atoms with Crippen molar-refractivity contribution in [2.24, 2.45) is 5.92 Å². The van der Waals surface area contributed by atoms with Crippen LogP contribution in [-0.4, -0.2) is 36.1 Å². The molecule has 0 amide bonds. The first-order valence-corrected chi connectivity index (χ1v) is 5.72. The maximum absolute atomic E-state index is 13.6. The number of carbonyl (C=O) groups excluding carboxylic acids is 1. The summed E-state index contributed by atoms with van der Waals surface area (Å²) in [6, 6.07) is 3.11. The summed E-state index contributed by atoms with van der Waals surface area (Å²) in [5, 5.41) is 9.03. The number of pyridine rings is 1. The maximum Gasteiger partial charge on any atom is 0.237 e. The Labute approximate surface area is 99.1 Å². The molecular weight excluding hydrogens is 223 g/mol. The average Bonchev–Trinajstić information content (AvgIpc) is 2.39. The maximum atomic E-state index is 13.6. The van der Waals surface area contributed by atoms with Crippen molar-refractivity contribution in [2.75, 3.05) is 24.6 Å². The third kappa shape index (κ3) is 2.61. The predicted octanol–water partition coefficient (Wildman–Crippen LogP) is 1.24. The van der Waals surface area contributed by atoms with Crippen LogP contribution in [0.2, 0.25) is 0 Å². The van der Waals surface area contributed by atoms with E-state index in [0.29, 0.717) is 31.0 Å². The molecule has 0 spiro atoms. The number of rotatable bonds is 3. The SMILES string of the molecule is O=Cc1ccc(N2CCC(CO)CC2)c(F)n1. The van der Waals surface area contributed by atoms with Gasteiger partial charge in [-0.1, -0.05) is 0 Å². The first kappa shape index (κ1) is 12.0. The van der Waals surface area contributed by atoms with Crippen LogP contribution in [0.25, 0.3) is 0 Å². The van der Waals surface area contributed by atoms with E-state index in [4.69, 9.17) is 5.11 Å². The number of aromatic nitrogens is 1. The van der Waals surface area contributed by atoms with Gasteiger partial charge in [-0.25, -0.2) is 4.98 Å². The summed E-state index contributed by atoms with van der Waals surface area (Å²) in [5.41, 5.74) is 0.545. The summed E-state index contributed by atoms with van der Waals surface area (Å²) in [4.78, 5) is 15.9. The van der Waals surface area contributed by atoms with Crippen molar-refractivity contribution in [1.82, 2.24) is 4.98 Å². The summed E-state index contributed by atoms with van der Waals surface area (Å²) >= 11 is 0. The first-order chi connectivity index (χ1) is 8.24. The zero-order valence-corrected chi connectivity index (χ0v) is 9.47. The molecule has 0 aliphatic carbocycles. The Morgan fingerprint density at radius 2 is 2.18 bits per heavy atom. The van der Waals surface area contributed by atoms with Crippen molar-refractivity contribution >= 4 is 12.0 Å². The lowest BCUT2D eigenvalue weighted by Gasteiger charge is -2.32. The lowest BCUT2D eigenvalue weighted by molar-refractivity contribution is 0.111. The Kier molecular flexibility index (Phi) is 3.68. The van der Waals surface area contributed by atoms with Crippen LogP contribution in [0.3, 0.4) is 0 Å². The van der Waals surface area contributed by atoms with E-state index in [2.05, 4.69) is 4.98 Å². The van der Waals surface area contributed by atoms with Gasteiger partial charge in [0.2, 0.25) is 5.95 Å². The van der Waals surface area contributed by atoms with Crippen molar-refractivity contribution in [3.63, 3.8) is 0 Å². The molecule has 92 valence electrons. The number of anilines is 1. The molecule has 1 aromatic heterocycles. The van der Waals surface area contributed by atoms with Gasteiger partial charge in [-0.2, -0.15) is 4.39 Å². The van der Waals surface area contributed by atoms with Crippen LogP contribution in [0.4, 0.5) is 10.1 Å². The normalized spacial score (nSPS) is 17.2. The molecule has 1 aromatic rings. The molecule has 0 bridgehead atoms. The molecule has 1 aliphatic rings. The molecule has 0 unspecified atom stereocenters. The van der Waals surface area contributed by atoms with Crippen LogP contribution >= 0.6 is 0 Å². The highest BCUT2D eigenvalue weighted by molar-refractivity contribution is 5.72. The fraction of sp³-hybridized carbons (Fsp3) is 0.500. The molecule has 4 nitrogen and oxygen atoms in total. The van der Waals surface area contributed by atoms with Gasteiger partial charge in [-0.3, -0.25) is 4.79 Å². The quantitative estimate of drug-likeness (QED) is 0.636. The number of aliphatic hydroxyl groups is 1. The van der Waals surface area contributed by atoms with E-state index < -0.39 is 5.95 Å². The molecule has 2 heterocycles. The smallest absolute Gasteiger partial charge is 0.237 e. The molecular formula is C12H15FN2O2. The van der Waals surface area contributed by atoms with Crippen LogP contribution in [0, 0.1) is 11.9 Å². The number of piperidine rings is 1. The highest BCUT2D eigenvalue weighted by Crippen LogP contribution is 2.24. The second-order valence-corrected chi connectivity index (χ2v) is 4.28. The van der Waals surface area contributed by atoms with Crippen LogP contribution in [0.15, 0.2) is 12.1 Å². The minimum Gasteiger partial charge on any atom is -0.396 e. The van der Waals surface area contributed by atoms with Crippen molar-refractivity contribution in [3.8, 4) is 0 Å². The molecule has 0 atom stereocenters. The van der Waals surface area contributed by atoms with Gasteiger partial charge in [-0.15, -0.1) is 0 Å². The summed E-state index contributed by atoms with van der Waals surface area (Å²) in [6.45, 7) is 1.62. The van der Waals surface area contributed by atoms with E-state index in [0.717, 1.165) is 12.8 Å². The molecule has 0 saturated carbocycles. The van der Waals surface area contributed by atoms with Gasteiger partial charge in [0.1, 0.15) is 5.69 Å². The number of hydrogen-bond acceptors (Lipinski definition) is 4. The van der Waals surface area contributed by atoms with Gasteiger partial charge in [0.15, 0.2) is 6.29 Å². The predicted molar refractivity (Wildman–Crippen MR) is 61.6 cm³/mol. The monoisotopic (exact) mass is 238 g/mol. The lowest BCUT2D eigenvalue weighted by Crippen LogP contribution is -2.35. The second kappa shape index (κ2) is 5.23. The Hall–Kier alpha value is -1.49. The Balaban J connectivity index is 2.10. The standard InChI is InChI=1S/C12H15FN2O2/c13-12-11(2-1-10(8-17)14-12)15-5-3-9(7-16)4-6-15/h1-2,8-9,16H,3-7H2. The zero-order chi connectivity index (χ0) is 12.3. The van der Waals surface area contributed by atoms with E-state index in [1.807, 2.05) is 4.90 Å². The highest BCUT2D eigenvalue weighted by Gasteiger charge is 2.21. The molecule has 17 heavy (non-hydrogen) atoms. The number of aliphatic hydroxyl groups excluding tert-OH is 1. The molecule has 1 aliphatic heterocycles. The number of nitrogens with zero attached hydrogens (tertiary/aromatic N) is 2. The van der Waals surface area contributed by atoms with Crippen LogP contribution < -0.4 is 4.90 Å². The van der Waals surface area contributed by atoms with Crippen molar-refractivity contribution < 1.29 is 14.3 Å². The number of halogens is 1. The summed E-state index contributed by atoms with van der Waals surface area (Å²) in [6.07, 6.45) is 2.24. The van der Waals surface area contributed by atoms with Crippen molar-refractivity contribution in [2.45, 2.75) is 12.8 Å². The van der Waals surface area contributed by atoms with E-state index in [1.165, 1.54) is 6.07 Å². The summed E-state index contributed by atoms with van der Waals surface area (Å²) in [5.74, 6) is -0.284. The number of aldehydes is 1. The van der Waals surface area contributed by atoms with Gasteiger partial charge < -0.3 is 10.0 Å². The fourth-order valence-corrected chi connectivity index (χ4v) is 2.10. The Morgan fingerprint density at radius 3 is 2.71 bits per heavy atom. The zero-order valence-electron chi connectivity index (χ0n) is 9.47. The average molecular weight is 238 g/mol. The molecule has 5 heteroatoms. The molecule has 2 rings (SSSR count). The van der Waals surface area contributed by atoms with Crippen LogP contribution in [-0.2, 0) is 0 Å². The van der Waals surface area contributed by atoms with Gasteiger partial charge in [0.25, 0.3) is 0 Å². The largest absolute Gasteiger partial charge is 0.396 e. The third-order valence-corrected chi connectivity index (χ3v) is 3.18. The minimum absolute atomic E-state index is 0.108. The van der Waals surface area contributed by atoms with Gasteiger partial charge in [0, 0.05) is 19.7 Å². The highest BCUT2D eigenvalue weighted by atomic mass is 19.1. The molecule has 0 radical (unpaired) electrons. The fourth-order valence-electron chi connectivity index (χ4n) is 2.10. The number of hydrogen-bond donors (Lipinski definition) is 1. The molecule has 1 fully saturated rings. The molecule has 1 saturated heterocycles. The summed E-state index contributed by atoms with van der Waals surface area (Å²) in [7, 11) is 0. The topological polar surface area (TPSA) is 53.4 Å². The van der Waals surface area contributed by atoms with Gasteiger partial charge >= 0.3 is 0 Å². The van der Waals surface area contributed by atoms with E-state index in [9.17, 15) is 9.18 Å². The van der Waals surface area contributed by atoms with Crippen molar-refractivity contribution in [3.05, 3.63) is 23.8 Å². The van der Waals surface area contributed by atoms with Gasteiger partial charge in [0.05, 0.1) is 5.69 Å². The second-order valence-electron chi connectivity index (χ2n) is 4.28. The minimum atomic E-state index is -0.600. The molecule has 0 aromatic carbocycles. The first-order valence-electron chi connectivity index (χ1n) is 5.72. The van der Waals surface area contributed by atoms with E-state index in [-0.39, 0.29) is 12.3 Å². The molecule has 1 N–H and O–H groups in total. The Morgan fingerprint density at radius 1 is 1.47 bits per heavy atom. The number of carbonyl (C=O) groups is 1. The summed E-state index contributed by atoms with van der Waals surface area (Å²) < 4.78 is 13.6. The van der Waals surface area contributed by atoms with E-state index >= 15 is 0 Å².